The van der Waals surface area contributed by atoms with Crippen LogP contribution in [0, 0.1) is 11.6 Å². The number of aliphatic hydroxyl groups is 1. The first kappa shape index (κ1) is 14.3. The van der Waals surface area contributed by atoms with E-state index in [1.807, 2.05) is 0 Å². The zero-order valence-electron chi connectivity index (χ0n) is 9.71. The van der Waals surface area contributed by atoms with E-state index in [9.17, 15) is 13.9 Å². The summed E-state index contributed by atoms with van der Waals surface area (Å²) >= 11 is 11.3. The number of halogens is 4. The van der Waals surface area contributed by atoms with Crippen molar-refractivity contribution in [2.24, 2.45) is 0 Å². The maximum absolute atomic E-state index is 13.7. The summed E-state index contributed by atoms with van der Waals surface area (Å²) in [6.07, 6.45) is -1.23. The van der Waals surface area contributed by atoms with Gasteiger partial charge in [0, 0.05) is 17.0 Å². The Hall–Kier alpha value is -1.16. The summed E-state index contributed by atoms with van der Waals surface area (Å²) in [4.78, 5) is 0. The molecule has 1 nitrogen and oxygen atoms in total. The number of aliphatic hydroxyl groups excluding tert-OH is 1. The molecule has 0 spiro atoms. The molecule has 1 atom stereocenters. The average molecular weight is 303 g/mol. The predicted molar refractivity (Wildman–Crippen MR) is 71.5 cm³/mol. The zero-order chi connectivity index (χ0) is 14.0. The van der Waals surface area contributed by atoms with Crippen molar-refractivity contribution in [3.63, 3.8) is 0 Å². The molecule has 2 rings (SSSR count). The molecule has 2 aromatic carbocycles. The minimum atomic E-state index is -1.16. The topological polar surface area (TPSA) is 20.2 Å². The minimum absolute atomic E-state index is 0.0266. The number of hydrogen-bond acceptors (Lipinski definition) is 1. The number of rotatable bonds is 3. The molecule has 0 aliphatic carbocycles. The maximum atomic E-state index is 13.7. The van der Waals surface area contributed by atoms with E-state index in [4.69, 9.17) is 23.2 Å². The highest BCUT2D eigenvalue weighted by molar-refractivity contribution is 6.31. The fourth-order valence-electron chi connectivity index (χ4n) is 1.80. The van der Waals surface area contributed by atoms with Crippen molar-refractivity contribution in [1.29, 1.82) is 0 Å². The van der Waals surface area contributed by atoms with Gasteiger partial charge in [0.25, 0.3) is 0 Å². The fourth-order valence-corrected chi connectivity index (χ4v) is 2.15. The summed E-state index contributed by atoms with van der Waals surface area (Å²) in [7, 11) is 0. The fraction of sp³-hybridized carbons (Fsp3) is 0.143. The van der Waals surface area contributed by atoms with Gasteiger partial charge in [-0.25, -0.2) is 8.78 Å². The van der Waals surface area contributed by atoms with E-state index >= 15 is 0 Å². The lowest BCUT2D eigenvalue weighted by Gasteiger charge is -2.13. The second-order valence-electron chi connectivity index (χ2n) is 4.10. The summed E-state index contributed by atoms with van der Waals surface area (Å²) < 4.78 is 27.3. The molecule has 2 aromatic rings. The summed E-state index contributed by atoms with van der Waals surface area (Å²) in [6.45, 7) is 0. The lowest BCUT2D eigenvalue weighted by Crippen LogP contribution is -2.06. The summed E-state index contributed by atoms with van der Waals surface area (Å²) in [5.74, 6) is -1.22. The quantitative estimate of drug-likeness (QED) is 0.882. The van der Waals surface area contributed by atoms with Gasteiger partial charge in [-0.2, -0.15) is 0 Å². The molecule has 0 aliphatic rings. The normalized spacial score (nSPS) is 12.5. The Labute approximate surface area is 119 Å². The van der Waals surface area contributed by atoms with Crippen LogP contribution in [0.5, 0.6) is 0 Å². The molecule has 0 saturated heterocycles. The molecule has 1 unspecified atom stereocenters. The Bertz CT molecular complexity index is 602. The molecule has 0 bridgehead atoms. The van der Waals surface area contributed by atoms with E-state index in [0.717, 1.165) is 6.07 Å². The maximum Gasteiger partial charge on any atom is 0.145 e. The van der Waals surface area contributed by atoms with Crippen molar-refractivity contribution < 1.29 is 13.9 Å². The smallest absolute Gasteiger partial charge is 0.145 e. The van der Waals surface area contributed by atoms with Gasteiger partial charge in [0.05, 0.1) is 11.1 Å². The van der Waals surface area contributed by atoms with E-state index in [1.54, 1.807) is 6.07 Å². The largest absolute Gasteiger partial charge is 0.388 e. The SMILES string of the molecule is OC(Cc1cccc(Cl)c1F)c1ccc(Cl)cc1F. The van der Waals surface area contributed by atoms with Crippen molar-refractivity contribution in [3.05, 3.63) is 69.2 Å². The van der Waals surface area contributed by atoms with Crippen LogP contribution in [0.3, 0.4) is 0 Å². The lowest BCUT2D eigenvalue weighted by molar-refractivity contribution is 0.172. The third-order valence-electron chi connectivity index (χ3n) is 2.77. The first-order valence-corrected chi connectivity index (χ1v) is 6.30. The van der Waals surface area contributed by atoms with E-state index in [-0.39, 0.29) is 27.6 Å². The molecule has 0 amide bonds. The van der Waals surface area contributed by atoms with Gasteiger partial charge in [-0.3, -0.25) is 0 Å². The van der Waals surface area contributed by atoms with E-state index in [0.29, 0.717) is 0 Å². The third-order valence-corrected chi connectivity index (χ3v) is 3.29. The monoisotopic (exact) mass is 302 g/mol. The summed E-state index contributed by atoms with van der Waals surface area (Å²) in [6, 6.07) is 8.44. The standard InChI is InChI=1S/C14H10Cl2F2O/c15-9-4-5-10(12(17)7-9)13(19)6-8-2-1-3-11(16)14(8)18/h1-5,7,13,19H,6H2. The Morgan fingerprint density at radius 2 is 1.84 bits per heavy atom. The molecule has 0 radical (unpaired) electrons. The van der Waals surface area contributed by atoms with Crippen molar-refractivity contribution in [3.8, 4) is 0 Å². The van der Waals surface area contributed by atoms with Crippen LogP contribution in [0.1, 0.15) is 17.2 Å². The van der Waals surface area contributed by atoms with Gasteiger partial charge in [-0.1, -0.05) is 41.4 Å². The van der Waals surface area contributed by atoms with E-state index < -0.39 is 17.7 Å². The molecule has 1 N–H and O–H groups in total. The molecule has 5 heteroatoms. The van der Waals surface area contributed by atoms with E-state index in [2.05, 4.69) is 0 Å². The molecule has 0 heterocycles. The molecule has 100 valence electrons. The first-order chi connectivity index (χ1) is 8.99. The van der Waals surface area contributed by atoms with Crippen molar-refractivity contribution >= 4 is 23.2 Å². The molecule has 0 fully saturated rings. The highest BCUT2D eigenvalue weighted by Gasteiger charge is 2.16. The Morgan fingerprint density at radius 3 is 2.53 bits per heavy atom. The molecule has 0 saturated carbocycles. The number of benzene rings is 2. The van der Waals surface area contributed by atoms with Crippen LogP contribution < -0.4 is 0 Å². The Morgan fingerprint density at radius 1 is 1.11 bits per heavy atom. The van der Waals surface area contributed by atoms with Crippen LogP contribution in [0.2, 0.25) is 10.0 Å². The number of hydrogen-bond donors (Lipinski definition) is 1. The van der Waals surface area contributed by atoms with Crippen LogP contribution >= 0.6 is 23.2 Å². The van der Waals surface area contributed by atoms with Gasteiger partial charge in [0.2, 0.25) is 0 Å². The Kier molecular flexibility index (Phi) is 4.40. The Balaban J connectivity index is 2.25. The lowest BCUT2D eigenvalue weighted by atomic mass is 10.0. The van der Waals surface area contributed by atoms with Crippen molar-refractivity contribution in [2.45, 2.75) is 12.5 Å². The summed E-state index contributed by atoms with van der Waals surface area (Å²) in [5, 5.41) is 10.2. The average Bonchev–Trinajstić information content (AvgIpc) is 2.34. The summed E-state index contributed by atoms with van der Waals surface area (Å²) in [5.41, 5.74) is 0.304. The van der Waals surface area contributed by atoms with Crippen LogP contribution in [0.4, 0.5) is 8.78 Å². The van der Waals surface area contributed by atoms with Crippen LogP contribution in [0.25, 0.3) is 0 Å². The highest BCUT2D eigenvalue weighted by atomic mass is 35.5. The predicted octanol–water partition coefficient (Wildman–Crippen LogP) is 4.55. The van der Waals surface area contributed by atoms with Crippen LogP contribution in [-0.2, 0) is 6.42 Å². The highest BCUT2D eigenvalue weighted by Crippen LogP contribution is 2.26. The minimum Gasteiger partial charge on any atom is -0.388 e. The van der Waals surface area contributed by atoms with Crippen molar-refractivity contribution in [1.82, 2.24) is 0 Å². The van der Waals surface area contributed by atoms with Gasteiger partial charge < -0.3 is 5.11 Å². The van der Waals surface area contributed by atoms with E-state index in [1.165, 1.54) is 24.3 Å². The van der Waals surface area contributed by atoms with Crippen LogP contribution in [-0.4, -0.2) is 5.11 Å². The van der Waals surface area contributed by atoms with Gasteiger partial charge in [-0.15, -0.1) is 0 Å². The molecule has 0 aromatic heterocycles. The molecule has 19 heavy (non-hydrogen) atoms. The zero-order valence-corrected chi connectivity index (χ0v) is 11.2. The van der Waals surface area contributed by atoms with Gasteiger partial charge in [-0.05, 0) is 23.8 Å². The second-order valence-corrected chi connectivity index (χ2v) is 4.94. The van der Waals surface area contributed by atoms with Crippen molar-refractivity contribution in [2.75, 3.05) is 0 Å². The van der Waals surface area contributed by atoms with Gasteiger partial charge in [0.15, 0.2) is 0 Å². The third kappa shape index (κ3) is 3.24. The molecular weight excluding hydrogens is 293 g/mol. The molecular formula is C14H10Cl2F2O. The van der Waals surface area contributed by atoms with Gasteiger partial charge >= 0.3 is 0 Å². The first-order valence-electron chi connectivity index (χ1n) is 5.55. The van der Waals surface area contributed by atoms with Gasteiger partial charge in [0.1, 0.15) is 11.6 Å². The second kappa shape index (κ2) is 5.87. The van der Waals surface area contributed by atoms with Crippen LogP contribution in [0.15, 0.2) is 36.4 Å². The molecule has 0 aliphatic heterocycles.